The average molecular weight is 361 g/mol. The van der Waals surface area contributed by atoms with Crippen LogP contribution in [0.5, 0.6) is 5.75 Å². The van der Waals surface area contributed by atoms with Gasteiger partial charge in [0.05, 0.1) is 12.9 Å². The van der Waals surface area contributed by atoms with Crippen LogP contribution in [0, 0.1) is 0 Å². The van der Waals surface area contributed by atoms with Gasteiger partial charge in [0.25, 0.3) is 0 Å². The van der Waals surface area contributed by atoms with Crippen molar-refractivity contribution in [3.63, 3.8) is 0 Å². The fourth-order valence-corrected chi connectivity index (χ4v) is 3.74. The van der Waals surface area contributed by atoms with Crippen LogP contribution in [0.3, 0.4) is 0 Å². The zero-order valence-electron chi connectivity index (χ0n) is 14.4. The summed E-state index contributed by atoms with van der Waals surface area (Å²) in [5, 5.41) is 15.5. The van der Waals surface area contributed by atoms with Crippen molar-refractivity contribution >= 4 is 17.7 Å². The van der Waals surface area contributed by atoms with E-state index in [0.717, 1.165) is 18.5 Å². The van der Waals surface area contributed by atoms with Crippen LogP contribution >= 0.6 is 11.8 Å². The molecule has 1 saturated carbocycles. The van der Waals surface area contributed by atoms with Gasteiger partial charge in [-0.3, -0.25) is 4.79 Å². The predicted molar refractivity (Wildman–Crippen MR) is 96.1 cm³/mol. The van der Waals surface area contributed by atoms with Crippen LogP contribution in [0.15, 0.2) is 29.4 Å². The van der Waals surface area contributed by atoms with Crippen molar-refractivity contribution < 1.29 is 9.53 Å². The molecule has 1 N–H and O–H groups in total. The lowest BCUT2D eigenvalue weighted by atomic mass is 10.1. The van der Waals surface area contributed by atoms with Gasteiger partial charge in [0.2, 0.25) is 11.1 Å². The molecule has 0 saturated heterocycles. The number of tetrazole rings is 1. The maximum Gasteiger partial charge on any atom is 0.230 e. The molecule has 1 aromatic carbocycles. The number of carbonyl (C=O) groups excluding carboxylic acids is 1. The molecule has 134 valence electrons. The van der Waals surface area contributed by atoms with E-state index in [4.69, 9.17) is 4.74 Å². The van der Waals surface area contributed by atoms with E-state index in [2.05, 4.69) is 20.8 Å². The summed E-state index contributed by atoms with van der Waals surface area (Å²) in [7, 11) is 1.61. The monoisotopic (exact) mass is 361 g/mol. The van der Waals surface area contributed by atoms with Crippen LogP contribution in [0.1, 0.15) is 38.5 Å². The first-order valence-corrected chi connectivity index (χ1v) is 9.60. The molecule has 25 heavy (non-hydrogen) atoms. The number of hydrogen-bond acceptors (Lipinski definition) is 6. The molecule has 2 aromatic rings. The van der Waals surface area contributed by atoms with Gasteiger partial charge in [0, 0.05) is 6.04 Å². The number of nitrogens with zero attached hydrogens (tertiary/aromatic N) is 4. The van der Waals surface area contributed by atoms with Crippen LogP contribution in [-0.2, 0) is 4.79 Å². The smallest absolute Gasteiger partial charge is 0.230 e. The molecule has 1 fully saturated rings. The molecule has 1 aromatic heterocycles. The highest BCUT2D eigenvalue weighted by Gasteiger charge is 2.17. The Balaban J connectivity index is 1.60. The van der Waals surface area contributed by atoms with Gasteiger partial charge < -0.3 is 10.1 Å². The number of carbonyl (C=O) groups is 1. The number of nitrogens with one attached hydrogen (secondary N) is 1. The molecular formula is C17H23N5O2S. The second-order valence-electron chi connectivity index (χ2n) is 6.09. The summed E-state index contributed by atoms with van der Waals surface area (Å²) in [4.78, 5) is 12.3. The lowest BCUT2D eigenvalue weighted by Gasteiger charge is -2.15. The fourth-order valence-electron chi connectivity index (χ4n) is 3.05. The number of thioether (sulfide) groups is 1. The minimum absolute atomic E-state index is 0.0338. The highest BCUT2D eigenvalue weighted by Crippen LogP contribution is 2.25. The first kappa shape index (κ1) is 17.7. The van der Waals surface area contributed by atoms with Gasteiger partial charge in [-0.15, -0.1) is 5.10 Å². The van der Waals surface area contributed by atoms with Crippen molar-refractivity contribution in [3.05, 3.63) is 24.3 Å². The van der Waals surface area contributed by atoms with Gasteiger partial charge >= 0.3 is 0 Å². The van der Waals surface area contributed by atoms with Crippen molar-refractivity contribution in [2.24, 2.45) is 0 Å². The van der Waals surface area contributed by atoms with E-state index in [1.54, 1.807) is 11.8 Å². The van der Waals surface area contributed by atoms with Gasteiger partial charge in [-0.05, 0) is 35.4 Å². The second kappa shape index (κ2) is 8.84. The van der Waals surface area contributed by atoms with E-state index in [0.29, 0.717) is 22.7 Å². The van der Waals surface area contributed by atoms with E-state index in [9.17, 15) is 4.79 Å². The Morgan fingerprint density at radius 3 is 2.80 bits per heavy atom. The first-order valence-electron chi connectivity index (χ1n) is 8.62. The molecule has 1 aliphatic rings. The van der Waals surface area contributed by atoms with Crippen molar-refractivity contribution in [2.75, 3.05) is 12.9 Å². The van der Waals surface area contributed by atoms with Gasteiger partial charge in [-0.25, -0.2) is 0 Å². The Hall–Kier alpha value is -2.09. The molecule has 0 bridgehead atoms. The third kappa shape index (κ3) is 4.72. The van der Waals surface area contributed by atoms with Crippen molar-refractivity contribution in [1.82, 2.24) is 25.5 Å². The highest BCUT2D eigenvalue weighted by atomic mass is 32.2. The average Bonchev–Trinajstić information content (AvgIpc) is 2.96. The van der Waals surface area contributed by atoms with E-state index in [-0.39, 0.29) is 5.91 Å². The Bertz CT molecular complexity index is 698. The lowest BCUT2D eigenvalue weighted by Crippen LogP contribution is -2.35. The normalized spacial score (nSPS) is 15.6. The Kier molecular flexibility index (Phi) is 6.27. The van der Waals surface area contributed by atoms with Gasteiger partial charge in [-0.1, -0.05) is 49.6 Å². The van der Waals surface area contributed by atoms with Crippen LogP contribution < -0.4 is 10.1 Å². The number of aromatic nitrogens is 4. The maximum atomic E-state index is 12.3. The summed E-state index contributed by atoms with van der Waals surface area (Å²) >= 11 is 1.33. The molecule has 3 rings (SSSR count). The minimum atomic E-state index is 0.0338. The van der Waals surface area contributed by atoms with Crippen molar-refractivity contribution in [3.8, 4) is 11.4 Å². The minimum Gasteiger partial charge on any atom is -0.494 e. The van der Waals surface area contributed by atoms with Crippen molar-refractivity contribution in [2.45, 2.75) is 49.7 Å². The first-order chi connectivity index (χ1) is 12.3. The van der Waals surface area contributed by atoms with Crippen molar-refractivity contribution in [1.29, 1.82) is 0 Å². The largest absolute Gasteiger partial charge is 0.494 e. The highest BCUT2D eigenvalue weighted by molar-refractivity contribution is 7.99. The Morgan fingerprint density at radius 1 is 1.28 bits per heavy atom. The lowest BCUT2D eigenvalue weighted by molar-refractivity contribution is -0.119. The number of rotatable bonds is 6. The fraction of sp³-hybridized carbons (Fsp3) is 0.529. The van der Waals surface area contributed by atoms with E-state index in [1.807, 2.05) is 24.3 Å². The topological polar surface area (TPSA) is 81.9 Å². The number of para-hydroxylation sites is 2. The van der Waals surface area contributed by atoms with Crippen LogP contribution in [0.4, 0.5) is 0 Å². The summed E-state index contributed by atoms with van der Waals surface area (Å²) in [6.45, 7) is 0. The zero-order chi connectivity index (χ0) is 17.5. The molecule has 0 radical (unpaired) electrons. The molecule has 1 amide bonds. The summed E-state index contributed by atoms with van der Waals surface area (Å²) in [5.74, 6) is 1.01. The van der Waals surface area contributed by atoms with Gasteiger partial charge in [0.1, 0.15) is 11.4 Å². The predicted octanol–water partition coefficient (Wildman–Crippen LogP) is 2.60. The molecule has 0 unspecified atom stereocenters. The summed E-state index contributed by atoms with van der Waals surface area (Å²) in [6, 6.07) is 7.82. The summed E-state index contributed by atoms with van der Waals surface area (Å²) in [6.07, 6.45) is 7.10. The van der Waals surface area contributed by atoms with Crippen LogP contribution in [0.2, 0.25) is 0 Å². The van der Waals surface area contributed by atoms with E-state index < -0.39 is 0 Å². The number of benzene rings is 1. The third-order valence-electron chi connectivity index (χ3n) is 4.31. The number of amides is 1. The van der Waals surface area contributed by atoms with Crippen LogP contribution in [-0.4, -0.2) is 45.0 Å². The molecule has 0 atom stereocenters. The number of hydrogen-bond donors (Lipinski definition) is 1. The number of methoxy groups -OCH3 is 1. The quantitative estimate of drug-likeness (QED) is 0.629. The maximum absolute atomic E-state index is 12.3. The van der Waals surface area contributed by atoms with Gasteiger partial charge in [-0.2, -0.15) is 4.68 Å². The molecule has 7 nitrogen and oxygen atoms in total. The molecule has 1 aliphatic carbocycles. The van der Waals surface area contributed by atoms with E-state index in [1.165, 1.54) is 37.4 Å². The molecule has 1 heterocycles. The van der Waals surface area contributed by atoms with Gasteiger partial charge in [0.15, 0.2) is 0 Å². The molecule has 0 aliphatic heterocycles. The Morgan fingerprint density at radius 2 is 2.04 bits per heavy atom. The summed E-state index contributed by atoms with van der Waals surface area (Å²) in [5.41, 5.74) is 0.752. The molecule has 0 spiro atoms. The van der Waals surface area contributed by atoms with Crippen LogP contribution in [0.25, 0.3) is 5.69 Å². The van der Waals surface area contributed by atoms with E-state index >= 15 is 0 Å². The second-order valence-corrected chi connectivity index (χ2v) is 7.03. The standard InChI is InChI=1S/C17H23N5O2S/c1-24-15-11-7-6-10-14(15)22-17(19-20-21-22)25-12-16(23)18-13-8-4-2-3-5-9-13/h6-7,10-11,13H,2-5,8-9,12H2,1H3,(H,18,23). The third-order valence-corrected chi connectivity index (χ3v) is 5.23. The molecule has 8 heteroatoms. The SMILES string of the molecule is COc1ccccc1-n1nnnc1SCC(=O)NC1CCCCCC1. The summed E-state index contributed by atoms with van der Waals surface area (Å²) < 4.78 is 6.96. The molecular weight excluding hydrogens is 338 g/mol. The zero-order valence-corrected chi connectivity index (χ0v) is 15.2. The Labute approximate surface area is 151 Å². The number of ether oxygens (including phenoxy) is 1.